The molecular weight excluding hydrogens is 408 g/mol. The Morgan fingerprint density at radius 2 is 1.79 bits per heavy atom. The third kappa shape index (κ3) is 4.29. The molecule has 3 aromatic carbocycles. The smallest absolute Gasteiger partial charge is 0.243 e. The van der Waals surface area contributed by atoms with Crippen LogP contribution >= 0.6 is 11.6 Å². The minimum Gasteiger partial charge on any atom is -0.326 e. The predicted molar refractivity (Wildman–Crippen MR) is 116 cm³/mol. The van der Waals surface area contributed by atoms with Crippen LogP contribution in [0.3, 0.4) is 0 Å². The second-order valence-electron chi connectivity index (χ2n) is 7.21. The summed E-state index contributed by atoms with van der Waals surface area (Å²) >= 11 is 5.97. The fourth-order valence-electron chi connectivity index (χ4n) is 3.66. The van der Waals surface area contributed by atoms with Gasteiger partial charge in [0, 0.05) is 23.8 Å². The molecule has 1 amide bonds. The zero-order valence-corrected chi connectivity index (χ0v) is 17.3. The van der Waals surface area contributed by atoms with Crippen molar-refractivity contribution in [1.29, 1.82) is 0 Å². The summed E-state index contributed by atoms with van der Waals surface area (Å²) in [7, 11) is -3.67. The zero-order valence-electron chi connectivity index (χ0n) is 15.7. The number of sulfonamides is 1. The van der Waals surface area contributed by atoms with Gasteiger partial charge in [-0.3, -0.25) is 4.79 Å². The number of carbonyl (C=O) groups excluding carboxylic acids is 1. The molecule has 3 aromatic rings. The van der Waals surface area contributed by atoms with Gasteiger partial charge >= 0.3 is 0 Å². The molecule has 0 spiro atoms. The van der Waals surface area contributed by atoms with E-state index in [1.807, 2.05) is 30.3 Å². The molecule has 1 N–H and O–H groups in total. The Bertz CT molecular complexity index is 1160. The molecule has 0 bridgehead atoms. The third-order valence-electron chi connectivity index (χ3n) is 5.21. The van der Waals surface area contributed by atoms with Crippen molar-refractivity contribution in [2.24, 2.45) is 5.92 Å². The maximum atomic E-state index is 13.2. The maximum absolute atomic E-state index is 13.2. The second-order valence-corrected chi connectivity index (χ2v) is 9.59. The average Bonchev–Trinajstić information content (AvgIpc) is 2.73. The van der Waals surface area contributed by atoms with Crippen molar-refractivity contribution in [2.75, 3.05) is 18.4 Å². The Morgan fingerprint density at radius 3 is 2.59 bits per heavy atom. The Balaban J connectivity index is 1.52. The van der Waals surface area contributed by atoms with Crippen molar-refractivity contribution >= 4 is 44.0 Å². The van der Waals surface area contributed by atoms with Crippen molar-refractivity contribution in [3.63, 3.8) is 0 Å². The lowest BCUT2D eigenvalue weighted by atomic mass is 9.99. The monoisotopic (exact) mass is 428 g/mol. The number of anilines is 1. The van der Waals surface area contributed by atoms with Crippen LogP contribution in [-0.2, 0) is 14.8 Å². The highest BCUT2D eigenvalue weighted by Gasteiger charge is 2.33. The Hall–Kier alpha value is -2.41. The molecule has 1 fully saturated rings. The van der Waals surface area contributed by atoms with E-state index < -0.39 is 15.9 Å². The van der Waals surface area contributed by atoms with Gasteiger partial charge < -0.3 is 5.32 Å². The van der Waals surface area contributed by atoms with Gasteiger partial charge in [-0.05, 0) is 53.9 Å². The summed E-state index contributed by atoms with van der Waals surface area (Å²) in [5, 5.41) is 5.24. The number of nitrogens with one attached hydrogen (secondary N) is 1. The lowest BCUT2D eigenvalue weighted by Crippen LogP contribution is -2.43. The highest BCUT2D eigenvalue weighted by molar-refractivity contribution is 7.89. The molecule has 0 saturated carbocycles. The summed E-state index contributed by atoms with van der Waals surface area (Å²) in [4.78, 5) is 12.9. The summed E-state index contributed by atoms with van der Waals surface area (Å²) in [5.74, 6) is -0.594. The molecule has 0 radical (unpaired) electrons. The fourth-order valence-corrected chi connectivity index (χ4v) is 5.41. The largest absolute Gasteiger partial charge is 0.326 e. The molecule has 5 nitrogen and oxygen atoms in total. The summed E-state index contributed by atoms with van der Waals surface area (Å²) < 4.78 is 27.8. The highest BCUT2D eigenvalue weighted by atomic mass is 35.5. The third-order valence-corrected chi connectivity index (χ3v) is 7.30. The van der Waals surface area contributed by atoms with Crippen molar-refractivity contribution in [3.8, 4) is 0 Å². The van der Waals surface area contributed by atoms with Crippen molar-refractivity contribution < 1.29 is 13.2 Å². The topological polar surface area (TPSA) is 66.5 Å². The number of halogens is 1. The van der Waals surface area contributed by atoms with Crippen LogP contribution in [0.4, 0.5) is 5.69 Å². The van der Waals surface area contributed by atoms with Crippen molar-refractivity contribution in [3.05, 3.63) is 71.8 Å². The Labute approximate surface area is 175 Å². The number of hydrogen-bond donors (Lipinski definition) is 1. The Kier molecular flexibility index (Phi) is 5.58. The van der Waals surface area contributed by atoms with Crippen LogP contribution in [0.2, 0.25) is 5.02 Å². The van der Waals surface area contributed by atoms with Crippen LogP contribution < -0.4 is 5.32 Å². The standard InChI is InChI=1S/C22H21ClN2O3S/c23-19-8-3-9-20(14-19)24-22(26)18-7-4-12-25(15-18)29(27,28)21-11-10-16-5-1-2-6-17(16)13-21/h1-3,5-6,8-11,13-14,18H,4,7,12,15H2,(H,24,26)/t18-/m0/s1. The van der Waals surface area contributed by atoms with E-state index in [0.717, 1.165) is 10.8 Å². The summed E-state index contributed by atoms with van der Waals surface area (Å²) in [6, 6.07) is 19.7. The first kappa shape index (κ1) is 19.9. The minimum atomic E-state index is -3.67. The number of carbonyl (C=O) groups is 1. The molecule has 1 aliphatic heterocycles. The number of piperidine rings is 1. The van der Waals surface area contributed by atoms with Crippen LogP contribution in [0, 0.1) is 5.92 Å². The van der Waals surface area contributed by atoms with Gasteiger partial charge in [0.25, 0.3) is 0 Å². The van der Waals surface area contributed by atoms with E-state index >= 15 is 0 Å². The van der Waals surface area contributed by atoms with Gasteiger partial charge in [-0.25, -0.2) is 8.42 Å². The van der Waals surface area contributed by atoms with E-state index in [1.165, 1.54) is 4.31 Å². The van der Waals surface area contributed by atoms with Crippen LogP contribution in [0.25, 0.3) is 10.8 Å². The van der Waals surface area contributed by atoms with Crippen LogP contribution in [-0.4, -0.2) is 31.7 Å². The number of amides is 1. The van der Waals surface area contributed by atoms with Crippen LogP contribution in [0.5, 0.6) is 0 Å². The van der Waals surface area contributed by atoms with Gasteiger partial charge in [0.05, 0.1) is 10.8 Å². The molecular formula is C22H21ClN2O3S. The number of fused-ring (bicyclic) bond motifs is 1. The van der Waals surface area contributed by atoms with Crippen molar-refractivity contribution in [2.45, 2.75) is 17.7 Å². The Morgan fingerprint density at radius 1 is 1.00 bits per heavy atom. The highest BCUT2D eigenvalue weighted by Crippen LogP contribution is 2.27. The summed E-state index contributed by atoms with van der Waals surface area (Å²) in [6.45, 7) is 0.581. The number of hydrogen-bond acceptors (Lipinski definition) is 3. The van der Waals surface area contributed by atoms with Gasteiger partial charge in [0.15, 0.2) is 0 Å². The SMILES string of the molecule is O=C(Nc1cccc(Cl)c1)[C@H]1CCCN(S(=O)(=O)c2ccc3ccccc3c2)C1. The minimum absolute atomic E-state index is 0.168. The number of benzene rings is 3. The van der Waals surface area contributed by atoms with Gasteiger partial charge in [0.2, 0.25) is 15.9 Å². The van der Waals surface area contributed by atoms with Crippen LogP contribution in [0.15, 0.2) is 71.6 Å². The molecule has 1 saturated heterocycles. The first-order valence-corrected chi connectivity index (χ1v) is 11.3. The number of rotatable bonds is 4. The molecule has 0 unspecified atom stereocenters. The van der Waals surface area contributed by atoms with Gasteiger partial charge in [-0.2, -0.15) is 4.31 Å². The van der Waals surface area contributed by atoms with E-state index in [2.05, 4.69) is 5.32 Å². The lowest BCUT2D eigenvalue weighted by molar-refractivity contribution is -0.120. The fraction of sp³-hybridized carbons (Fsp3) is 0.227. The zero-order chi connectivity index (χ0) is 20.4. The molecule has 7 heteroatoms. The first-order valence-electron chi connectivity index (χ1n) is 9.49. The maximum Gasteiger partial charge on any atom is 0.243 e. The van der Waals surface area contributed by atoms with E-state index in [1.54, 1.807) is 36.4 Å². The van der Waals surface area contributed by atoms with E-state index in [0.29, 0.717) is 30.1 Å². The second kappa shape index (κ2) is 8.14. The van der Waals surface area contributed by atoms with Gasteiger partial charge in [-0.15, -0.1) is 0 Å². The molecule has 1 heterocycles. The van der Waals surface area contributed by atoms with Gasteiger partial charge in [0.1, 0.15) is 0 Å². The molecule has 1 atom stereocenters. The average molecular weight is 429 g/mol. The first-order chi connectivity index (χ1) is 13.9. The predicted octanol–water partition coefficient (Wildman–Crippen LogP) is 4.53. The van der Waals surface area contributed by atoms with E-state index in [-0.39, 0.29) is 17.3 Å². The molecule has 4 rings (SSSR count). The summed E-state index contributed by atoms with van der Waals surface area (Å²) in [6.07, 6.45) is 1.29. The summed E-state index contributed by atoms with van der Waals surface area (Å²) in [5.41, 5.74) is 0.608. The number of nitrogens with zero attached hydrogens (tertiary/aromatic N) is 1. The quantitative estimate of drug-likeness (QED) is 0.663. The van der Waals surface area contributed by atoms with Crippen molar-refractivity contribution in [1.82, 2.24) is 4.31 Å². The molecule has 150 valence electrons. The molecule has 0 aromatic heterocycles. The normalized spacial score (nSPS) is 17.9. The van der Waals surface area contributed by atoms with E-state index in [9.17, 15) is 13.2 Å². The molecule has 1 aliphatic rings. The lowest BCUT2D eigenvalue weighted by Gasteiger charge is -2.31. The molecule has 0 aliphatic carbocycles. The van der Waals surface area contributed by atoms with Crippen LogP contribution in [0.1, 0.15) is 12.8 Å². The van der Waals surface area contributed by atoms with Gasteiger partial charge in [-0.1, -0.05) is 48.0 Å². The van der Waals surface area contributed by atoms with E-state index in [4.69, 9.17) is 11.6 Å². The molecule has 29 heavy (non-hydrogen) atoms.